The minimum atomic E-state index is 0.126. The summed E-state index contributed by atoms with van der Waals surface area (Å²) in [6.45, 7) is 3.12. The Hall–Kier alpha value is -1.50. The number of anilines is 1. The normalized spacial score (nSPS) is 19.5. The van der Waals surface area contributed by atoms with Crippen LogP contribution in [0.3, 0.4) is 0 Å². The van der Waals surface area contributed by atoms with Crippen LogP contribution in [0.25, 0.3) is 11.0 Å². The summed E-state index contributed by atoms with van der Waals surface area (Å²) in [6.07, 6.45) is 3.40. The quantitative estimate of drug-likeness (QED) is 0.819. The zero-order chi connectivity index (χ0) is 13.1. The molecule has 2 N–H and O–H groups in total. The number of hydrogen-bond acceptors (Lipinski definition) is 6. The van der Waals surface area contributed by atoms with Crippen molar-refractivity contribution in [3.8, 4) is 0 Å². The Morgan fingerprint density at radius 2 is 2.32 bits per heavy atom. The van der Waals surface area contributed by atoms with E-state index in [1.807, 2.05) is 0 Å². The van der Waals surface area contributed by atoms with Crippen LogP contribution in [0, 0.1) is 0 Å². The third kappa shape index (κ3) is 2.91. The van der Waals surface area contributed by atoms with Gasteiger partial charge in [0, 0.05) is 38.1 Å². The SMILES string of the molecule is Clc1cc2nccnc2c(NCC2CNCCO2)n1. The molecule has 1 saturated heterocycles. The Morgan fingerprint density at radius 3 is 3.16 bits per heavy atom. The summed E-state index contributed by atoms with van der Waals surface area (Å²) in [6, 6.07) is 1.70. The van der Waals surface area contributed by atoms with Gasteiger partial charge in [0.1, 0.15) is 10.7 Å². The van der Waals surface area contributed by atoms with E-state index < -0.39 is 0 Å². The van der Waals surface area contributed by atoms with Crippen molar-refractivity contribution < 1.29 is 4.74 Å². The second kappa shape index (κ2) is 5.64. The molecule has 1 fully saturated rings. The molecule has 0 aromatic carbocycles. The van der Waals surface area contributed by atoms with E-state index in [0.29, 0.717) is 17.5 Å². The van der Waals surface area contributed by atoms with E-state index >= 15 is 0 Å². The Balaban J connectivity index is 1.79. The van der Waals surface area contributed by atoms with E-state index in [-0.39, 0.29) is 6.10 Å². The predicted octanol–water partition coefficient (Wildman–Crippen LogP) is 1.08. The lowest BCUT2D eigenvalue weighted by molar-refractivity contribution is 0.0372. The van der Waals surface area contributed by atoms with Crippen molar-refractivity contribution in [2.24, 2.45) is 0 Å². The van der Waals surface area contributed by atoms with Crippen LogP contribution < -0.4 is 10.6 Å². The van der Waals surface area contributed by atoms with Gasteiger partial charge in [-0.3, -0.25) is 4.98 Å². The maximum Gasteiger partial charge on any atom is 0.156 e. The van der Waals surface area contributed by atoms with Crippen LogP contribution in [0.2, 0.25) is 5.15 Å². The van der Waals surface area contributed by atoms with Crippen LogP contribution in [-0.4, -0.2) is 47.3 Å². The lowest BCUT2D eigenvalue weighted by atomic mass is 10.3. The molecule has 1 aliphatic rings. The van der Waals surface area contributed by atoms with Gasteiger partial charge < -0.3 is 15.4 Å². The number of nitrogens with one attached hydrogen (secondary N) is 2. The largest absolute Gasteiger partial charge is 0.374 e. The average Bonchev–Trinajstić information content (AvgIpc) is 2.45. The molecule has 7 heteroatoms. The topological polar surface area (TPSA) is 72.0 Å². The average molecular weight is 280 g/mol. The summed E-state index contributed by atoms with van der Waals surface area (Å²) in [4.78, 5) is 12.8. The molecule has 0 radical (unpaired) electrons. The van der Waals surface area contributed by atoms with Crippen molar-refractivity contribution in [1.82, 2.24) is 20.3 Å². The molecule has 2 aromatic rings. The van der Waals surface area contributed by atoms with Gasteiger partial charge in [0.25, 0.3) is 0 Å². The highest BCUT2D eigenvalue weighted by Crippen LogP contribution is 2.21. The van der Waals surface area contributed by atoms with E-state index in [9.17, 15) is 0 Å². The molecule has 3 heterocycles. The molecule has 3 rings (SSSR count). The van der Waals surface area contributed by atoms with Gasteiger partial charge >= 0.3 is 0 Å². The molecular formula is C12H14ClN5O. The molecule has 0 amide bonds. The van der Waals surface area contributed by atoms with Crippen LogP contribution in [-0.2, 0) is 4.74 Å². The van der Waals surface area contributed by atoms with Gasteiger partial charge in [0.05, 0.1) is 18.2 Å². The summed E-state index contributed by atoms with van der Waals surface area (Å²) in [5.41, 5.74) is 1.45. The van der Waals surface area contributed by atoms with Gasteiger partial charge in [-0.05, 0) is 0 Å². The van der Waals surface area contributed by atoms with Crippen LogP contribution in [0.1, 0.15) is 0 Å². The Labute approximate surface area is 115 Å². The van der Waals surface area contributed by atoms with Crippen molar-refractivity contribution in [1.29, 1.82) is 0 Å². The fraction of sp³-hybridized carbons (Fsp3) is 0.417. The number of halogens is 1. The third-order valence-electron chi connectivity index (χ3n) is 2.93. The predicted molar refractivity (Wildman–Crippen MR) is 73.4 cm³/mol. The van der Waals surface area contributed by atoms with E-state index in [4.69, 9.17) is 16.3 Å². The maximum absolute atomic E-state index is 5.98. The molecule has 1 unspecified atom stereocenters. The van der Waals surface area contributed by atoms with Gasteiger partial charge in [0.2, 0.25) is 0 Å². The van der Waals surface area contributed by atoms with E-state index in [1.165, 1.54) is 0 Å². The Morgan fingerprint density at radius 1 is 1.42 bits per heavy atom. The minimum absolute atomic E-state index is 0.126. The summed E-state index contributed by atoms with van der Waals surface area (Å²) in [5, 5.41) is 6.92. The molecule has 1 aliphatic heterocycles. The number of ether oxygens (including phenoxy) is 1. The number of rotatable bonds is 3. The highest BCUT2D eigenvalue weighted by Gasteiger charge is 2.14. The second-order valence-electron chi connectivity index (χ2n) is 4.30. The van der Waals surface area contributed by atoms with Crippen LogP contribution in [0.4, 0.5) is 5.82 Å². The lowest BCUT2D eigenvalue weighted by Gasteiger charge is -2.24. The number of morpholine rings is 1. The molecule has 6 nitrogen and oxygen atoms in total. The Kier molecular flexibility index (Phi) is 3.72. The van der Waals surface area contributed by atoms with Crippen molar-refractivity contribution in [2.75, 3.05) is 31.6 Å². The lowest BCUT2D eigenvalue weighted by Crippen LogP contribution is -2.42. The van der Waals surface area contributed by atoms with Gasteiger partial charge in [-0.25, -0.2) is 9.97 Å². The number of aromatic nitrogens is 3. The zero-order valence-electron chi connectivity index (χ0n) is 10.3. The molecule has 1 atom stereocenters. The first-order chi connectivity index (χ1) is 9.33. The number of fused-ring (bicyclic) bond motifs is 1. The molecule has 19 heavy (non-hydrogen) atoms. The molecule has 0 saturated carbocycles. The maximum atomic E-state index is 5.98. The standard InChI is InChI=1S/C12H14ClN5O/c13-10-5-9-11(16-2-1-15-9)12(18-10)17-7-8-6-14-3-4-19-8/h1-2,5,8,14H,3-4,6-7H2,(H,17,18). The molecule has 100 valence electrons. The summed E-state index contributed by atoms with van der Waals surface area (Å²) in [5.74, 6) is 0.643. The third-order valence-corrected chi connectivity index (χ3v) is 3.12. The van der Waals surface area contributed by atoms with Crippen LogP contribution >= 0.6 is 11.6 Å². The van der Waals surface area contributed by atoms with Crippen molar-refractivity contribution in [2.45, 2.75) is 6.10 Å². The van der Waals surface area contributed by atoms with Crippen LogP contribution in [0.15, 0.2) is 18.5 Å². The highest BCUT2D eigenvalue weighted by atomic mass is 35.5. The number of hydrogen-bond donors (Lipinski definition) is 2. The fourth-order valence-electron chi connectivity index (χ4n) is 2.03. The van der Waals surface area contributed by atoms with E-state index in [0.717, 1.165) is 30.7 Å². The Bertz CT molecular complexity index is 573. The summed E-state index contributed by atoms with van der Waals surface area (Å²) >= 11 is 5.98. The summed E-state index contributed by atoms with van der Waals surface area (Å²) < 4.78 is 5.62. The van der Waals surface area contributed by atoms with Gasteiger partial charge in [-0.2, -0.15) is 0 Å². The van der Waals surface area contributed by atoms with Gasteiger partial charge in [0.15, 0.2) is 5.82 Å². The number of nitrogens with zero attached hydrogens (tertiary/aromatic N) is 3. The molecule has 0 bridgehead atoms. The van der Waals surface area contributed by atoms with Gasteiger partial charge in [-0.15, -0.1) is 0 Å². The monoisotopic (exact) mass is 279 g/mol. The van der Waals surface area contributed by atoms with Crippen molar-refractivity contribution >= 4 is 28.5 Å². The molecule has 0 spiro atoms. The van der Waals surface area contributed by atoms with Crippen LogP contribution in [0.5, 0.6) is 0 Å². The first kappa shape index (κ1) is 12.5. The van der Waals surface area contributed by atoms with E-state index in [2.05, 4.69) is 25.6 Å². The second-order valence-corrected chi connectivity index (χ2v) is 4.68. The van der Waals surface area contributed by atoms with Gasteiger partial charge in [-0.1, -0.05) is 11.6 Å². The molecule has 2 aromatic heterocycles. The van der Waals surface area contributed by atoms with Crippen molar-refractivity contribution in [3.05, 3.63) is 23.6 Å². The minimum Gasteiger partial charge on any atom is -0.374 e. The molecular weight excluding hydrogens is 266 g/mol. The van der Waals surface area contributed by atoms with E-state index in [1.54, 1.807) is 18.5 Å². The van der Waals surface area contributed by atoms with Crippen molar-refractivity contribution in [3.63, 3.8) is 0 Å². The smallest absolute Gasteiger partial charge is 0.156 e. The molecule has 0 aliphatic carbocycles. The fourth-order valence-corrected chi connectivity index (χ4v) is 2.21. The summed E-state index contributed by atoms with van der Waals surface area (Å²) in [7, 11) is 0. The number of pyridine rings is 1. The zero-order valence-corrected chi connectivity index (χ0v) is 11.0. The first-order valence-electron chi connectivity index (χ1n) is 6.16. The first-order valence-corrected chi connectivity index (χ1v) is 6.54. The highest BCUT2D eigenvalue weighted by molar-refractivity contribution is 6.30.